The van der Waals surface area contributed by atoms with Crippen molar-refractivity contribution in [2.24, 2.45) is 5.73 Å². The van der Waals surface area contributed by atoms with E-state index in [1.165, 1.54) is 7.11 Å². The Hall–Kier alpha value is -1.38. The highest BCUT2D eigenvalue weighted by atomic mass is 32.2. The van der Waals surface area contributed by atoms with Crippen LogP contribution in [0.3, 0.4) is 0 Å². The van der Waals surface area contributed by atoms with E-state index in [-0.39, 0.29) is 17.3 Å². The van der Waals surface area contributed by atoms with Crippen LogP contribution in [-0.2, 0) is 14.8 Å². The van der Waals surface area contributed by atoms with Crippen LogP contribution < -0.4 is 15.2 Å². The van der Waals surface area contributed by atoms with Gasteiger partial charge in [0.25, 0.3) is 0 Å². The van der Waals surface area contributed by atoms with Gasteiger partial charge in [0.15, 0.2) is 0 Å². The molecule has 20 heavy (non-hydrogen) atoms. The van der Waals surface area contributed by atoms with E-state index in [1.807, 2.05) is 0 Å². The van der Waals surface area contributed by atoms with Gasteiger partial charge in [0, 0.05) is 12.2 Å². The fourth-order valence-electron chi connectivity index (χ4n) is 1.46. The minimum Gasteiger partial charge on any atom is -0.495 e. The number of ether oxygens (including phenoxy) is 2. The Bertz CT molecular complexity index is 573. The van der Waals surface area contributed by atoms with E-state index in [1.54, 1.807) is 25.1 Å². The average molecular weight is 318 g/mol. The van der Waals surface area contributed by atoms with Gasteiger partial charge in [-0.25, -0.2) is 8.42 Å². The van der Waals surface area contributed by atoms with Crippen LogP contribution in [0.15, 0.2) is 18.2 Å². The Balaban J connectivity index is 2.89. The third-order valence-electron chi connectivity index (χ3n) is 2.45. The zero-order chi connectivity index (χ0) is 15.2. The van der Waals surface area contributed by atoms with Crippen LogP contribution in [0.1, 0.15) is 12.5 Å². The van der Waals surface area contributed by atoms with Crippen LogP contribution in [0.5, 0.6) is 5.75 Å². The fraction of sp³-hybridized carbons (Fsp3) is 0.417. The molecule has 0 heterocycles. The summed E-state index contributed by atoms with van der Waals surface area (Å²) in [6.45, 7) is 2.41. The van der Waals surface area contributed by atoms with Crippen LogP contribution in [0.4, 0.5) is 5.69 Å². The summed E-state index contributed by atoms with van der Waals surface area (Å²) in [6.07, 6.45) is 0. The maximum Gasteiger partial charge on any atom is 0.235 e. The summed E-state index contributed by atoms with van der Waals surface area (Å²) in [5.74, 6) is 0.233. The third-order valence-corrected chi connectivity index (χ3v) is 3.92. The second kappa shape index (κ2) is 7.41. The van der Waals surface area contributed by atoms with Gasteiger partial charge in [-0.15, -0.1) is 0 Å². The molecule has 0 radical (unpaired) electrons. The van der Waals surface area contributed by atoms with Gasteiger partial charge < -0.3 is 15.2 Å². The highest BCUT2D eigenvalue weighted by molar-refractivity contribution is 7.92. The van der Waals surface area contributed by atoms with Gasteiger partial charge in [0.05, 0.1) is 25.2 Å². The van der Waals surface area contributed by atoms with Gasteiger partial charge >= 0.3 is 0 Å². The summed E-state index contributed by atoms with van der Waals surface area (Å²) in [4.78, 5) is 0.217. The lowest BCUT2D eigenvalue weighted by Crippen LogP contribution is -2.20. The van der Waals surface area contributed by atoms with E-state index in [0.717, 1.165) is 0 Å². The van der Waals surface area contributed by atoms with Crippen LogP contribution in [0.2, 0.25) is 0 Å². The molecule has 1 aromatic rings. The monoisotopic (exact) mass is 318 g/mol. The normalized spacial score (nSPS) is 11.1. The zero-order valence-electron chi connectivity index (χ0n) is 11.4. The Morgan fingerprint density at radius 3 is 2.70 bits per heavy atom. The topological polar surface area (TPSA) is 90.7 Å². The van der Waals surface area contributed by atoms with Crippen molar-refractivity contribution in [3.8, 4) is 5.75 Å². The fourth-order valence-corrected chi connectivity index (χ4v) is 2.53. The minimum absolute atomic E-state index is 0.124. The molecule has 0 fully saturated rings. The molecule has 1 aromatic carbocycles. The molecule has 0 amide bonds. The van der Waals surface area contributed by atoms with Gasteiger partial charge in [0.1, 0.15) is 10.7 Å². The first-order chi connectivity index (χ1) is 9.39. The summed E-state index contributed by atoms with van der Waals surface area (Å²) in [5.41, 5.74) is 6.46. The van der Waals surface area contributed by atoms with Crippen molar-refractivity contribution in [2.45, 2.75) is 6.92 Å². The van der Waals surface area contributed by atoms with Crippen molar-refractivity contribution in [1.82, 2.24) is 0 Å². The molecule has 112 valence electrons. The lowest BCUT2D eigenvalue weighted by atomic mass is 10.2. The van der Waals surface area contributed by atoms with Crippen molar-refractivity contribution in [1.29, 1.82) is 0 Å². The maximum atomic E-state index is 11.9. The summed E-state index contributed by atoms with van der Waals surface area (Å²) >= 11 is 4.86. The first-order valence-corrected chi connectivity index (χ1v) is 8.01. The van der Waals surface area contributed by atoms with E-state index in [9.17, 15) is 8.42 Å². The molecule has 0 aliphatic heterocycles. The quantitative estimate of drug-likeness (QED) is 0.551. The number of hydrogen-bond acceptors (Lipinski definition) is 5. The molecule has 0 saturated heterocycles. The van der Waals surface area contributed by atoms with Gasteiger partial charge in [0.2, 0.25) is 10.0 Å². The largest absolute Gasteiger partial charge is 0.495 e. The predicted octanol–water partition coefficient (Wildman–Crippen LogP) is 1.11. The van der Waals surface area contributed by atoms with E-state index in [2.05, 4.69) is 4.72 Å². The molecule has 0 aromatic heterocycles. The molecule has 8 heteroatoms. The molecule has 3 N–H and O–H groups in total. The third kappa shape index (κ3) is 4.95. The first-order valence-electron chi connectivity index (χ1n) is 5.95. The van der Waals surface area contributed by atoms with E-state index in [0.29, 0.717) is 23.6 Å². The van der Waals surface area contributed by atoms with E-state index < -0.39 is 10.0 Å². The molecule has 0 unspecified atom stereocenters. The Kier molecular flexibility index (Phi) is 6.18. The van der Waals surface area contributed by atoms with Crippen LogP contribution in [0.25, 0.3) is 0 Å². The van der Waals surface area contributed by atoms with Gasteiger partial charge in [-0.2, -0.15) is 0 Å². The van der Waals surface area contributed by atoms with Crippen LogP contribution >= 0.6 is 12.2 Å². The molecule has 0 bridgehead atoms. The Morgan fingerprint density at radius 2 is 2.15 bits per heavy atom. The van der Waals surface area contributed by atoms with Gasteiger partial charge in [-0.05, 0) is 25.1 Å². The number of anilines is 1. The lowest BCUT2D eigenvalue weighted by molar-refractivity contribution is 0.163. The van der Waals surface area contributed by atoms with Crippen molar-refractivity contribution in [3.63, 3.8) is 0 Å². The molecule has 0 spiro atoms. The molecule has 0 aliphatic rings. The average Bonchev–Trinajstić information content (AvgIpc) is 2.38. The molecule has 6 nitrogen and oxygen atoms in total. The molecular formula is C12H18N2O4S2. The molecular weight excluding hydrogens is 300 g/mol. The number of hydrogen-bond donors (Lipinski definition) is 2. The number of methoxy groups -OCH3 is 1. The standard InChI is InChI=1S/C12H18N2O4S2/c1-3-18-6-7-20(15,16)14-10-5-4-9(12(13)19)8-11(10)17-2/h4-5,8,14H,3,6-7H2,1-2H3,(H2,13,19). The highest BCUT2D eigenvalue weighted by Crippen LogP contribution is 2.26. The van der Waals surface area contributed by atoms with Gasteiger partial charge in [-0.1, -0.05) is 12.2 Å². The second-order valence-corrected chi connectivity index (χ2v) is 6.18. The second-order valence-electron chi connectivity index (χ2n) is 3.90. The van der Waals surface area contributed by atoms with Crippen molar-refractivity contribution >= 4 is 32.9 Å². The predicted molar refractivity (Wildman–Crippen MR) is 82.8 cm³/mol. The molecule has 1 rings (SSSR count). The number of rotatable bonds is 8. The number of thiocarbonyl (C=S) groups is 1. The van der Waals surface area contributed by atoms with E-state index >= 15 is 0 Å². The summed E-state index contributed by atoms with van der Waals surface area (Å²) in [5, 5.41) is 0. The number of benzene rings is 1. The number of nitrogens with one attached hydrogen (secondary N) is 1. The maximum absolute atomic E-state index is 11.9. The Labute approximate surface area is 124 Å². The van der Waals surface area contributed by atoms with Crippen molar-refractivity contribution in [3.05, 3.63) is 23.8 Å². The minimum atomic E-state index is -3.49. The van der Waals surface area contributed by atoms with Crippen molar-refractivity contribution < 1.29 is 17.9 Å². The van der Waals surface area contributed by atoms with Gasteiger partial charge in [-0.3, -0.25) is 4.72 Å². The first kappa shape index (κ1) is 16.7. The summed E-state index contributed by atoms with van der Waals surface area (Å²) < 4.78 is 36.3. The molecule has 0 atom stereocenters. The highest BCUT2D eigenvalue weighted by Gasteiger charge is 2.14. The Morgan fingerprint density at radius 1 is 1.45 bits per heavy atom. The lowest BCUT2D eigenvalue weighted by Gasteiger charge is -2.13. The van der Waals surface area contributed by atoms with Crippen molar-refractivity contribution in [2.75, 3.05) is 30.8 Å². The summed E-state index contributed by atoms with van der Waals surface area (Å²) in [6, 6.07) is 4.78. The number of nitrogens with two attached hydrogens (primary N) is 1. The van der Waals surface area contributed by atoms with Crippen LogP contribution in [0, 0.1) is 0 Å². The molecule has 0 aliphatic carbocycles. The number of sulfonamides is 1. The SMILES string of the molecule is CCOCCS(=O)(=O)Nc1ccc(C(N)=S)cc1OC. The summed E-state index contributed by atoms with van der Waals surface area (Å²) in [7, 11) is -2.05. The van der Waals surface area contributed by atoms with E-state index in [4.69, 9.17) is 27.4 Å². The zero-order valence-corrected chi connectivity index (χ0v) is 13.0. The van der Waals surface area contributed by atoms with Crippen LogP contribution in [-0.4, -0.2) is 39.5 Å². The smallest absolute Gasteiger partial charge is 0.235 e. The molecule has 0 saturated carbocycles.